The molecule has 1 saturated heterocycles. The molecule has 2 amide bonds. The Hall–Kier alpha value is -2.91. The fourth-order valence-corrected chi connectivity index (χ4v) is 2.75. The molecule has 2 atom stereocenters. The lowest BCUT2D eigenvalue weighted by atomic mass is 9.87. The number of rotatable bonds is 3. The van der Waals surface area contributed by atoms with E-state index in [0.29, 0.717) is 5.56 Å². The normalized spacial score (nSPS) is 21.0. The number of benzene rings is 1. The standard InChI is InChI=1S/C16H17F3N4O3/c1-8(22-26)13(20)21-14(24)12-11(7-23(2)15(12)25)9-3-5-10(6-4-9)16(17,18)19/h3-6,11-12,26H,7H2,1-2H3,(H2,20,21,24)/b22-8-/t11-,12+/m0/s1. The molecule has 0 aliphatic carbocycles. The van der Waals surface area contributed by atoms with Gasteiger partial charge in [-0.05, 0) is 24.6 Å². The Morgan fingerprint density at radius 2 is 1.92 bits per heavy atom. The van der Waals surface area contributed by atoms with Crippen molar-refractivity contribution in [1.82, 2.24) is 10.2 Å². The van der Waals surface area contributed by atoms with Crippen molar-refractivity contribution in [3.63, 3.8) is 0 Å². The molecule has 0 aromatic heterocycles. The van der Waals surface area contributed by atoms with E-state index in [1.165, 1.54) is 31.0 Å². The van der Waals surface area contributed by atoms with Crippen molar-refractivity contribution in [3.8, 4) is 0 Å². The van der Waals surface area contributed by atoms with Crippen LogP contribution in [0, 0.1) is 11.3 Å². The summed E-state index contributed by atoms with van der Waals surface area (Å²) in [6, 6.07) is 4.29. The Bertz CT molecular complexity index is 759. The number of nitrogens with one attached hydrogen (secondary N) is 2. The Balaban J connectivity index is 2.27. The number of halogens is 3. The molecular weight excluding hydrogens is 353 g/mol. The van der Waals surface area contributed by atoms with Gasteiger partial charge in [-0.15, -0.1) is 0 Å². The van der Waals surface area contributed by atoms with Crippen molar-refractivity contribution in [1.29, 1.82) is 5.41 Å². The fourth-order valence-electron chi connectivity index (χ4n) is 2.75. The number of carbonyl (C=O) groups excluding carboxylic acids is 2. The molecule has 1 aromatic carbocycles. The molecule has 0 saturated carbocycles. The summed E-state index contributed by atoms with van der Waals surface area (Å²) in [5.74, 6) is -3.60. The van der Waals surface area contributed by atoms with Crippen molar-refractivity contribution < 1.29 is 28.0 Å². The van der Waals surface area contributed by atoms with Crippen LogP contribution in [-0.2, 0) is 15.8 Å². The largest absolute Gasteiger partial charge is 0.416 e. The van der Waals surface area contributed by atoms with Gasteiger partial charge in [-0.2, -0.15) is 13.2 Å². The summed E-state index contributed by atoms with van der Waals surface area (Å²) in [4.78, 5) is 26.0. The second kappa shape index (κ2) is 7.14. The number of carbonyl (C=O) groups is 2. The highest BCUT2D eigenvalue weighted by Crippen LogP contribution is 2.35. The second-order valence-corrected chi connectivity index (χ2v) is 5.97. The van der Waals surface area contributed by atoms with Crippen LogP contribution in [0.2, 0.25) is 0 Å². The van der Waals surface area contributed by atoms with Crippen LogP contribution in [0.5, 0.6) is 0 Å². The Morgan fingerprint density at radius 1 is 1.35 bits per heavy atom. The number of likely N-dealkylation sites (tertiary alicyclic amines) is 1. The molecule has 1 aliphatic heterocycles. The predicted octanol–water partition coefficient (Wildman–Crippen LogP) is 1.82. The highest BCUT2D eigenvalue weighted by Gasteiger charge is 2.44. The maximum atomic E-state index is 12.7. The first-order chi connectivity index (χ1) is 12.1. The lowest BCUT2D eigenvalue weighted by molar-refractivity contribution is -0.138. The molecule has 0 radical (unpaired) electrons. The first-order valence-corrected chi connectivity index (χ1v) is 7.56. The molecule has 2 rings (SSSR count). The molecule has 0 spiro atoms. The van der Waals surface area contributed by atoms with Gasteiger partial charge in [-0.25, -0.2) is 0 Å². The number of oxime groups is 1. The summed E-state index contributed by atoms with van der Waals surface area (Å²) in [7, 11) is 1.48. The summed E-state index contributed by atoms with van der Waals surface area (Å²) in [5.41, 5.74) is -0.561. The van der Waals surface area contributed by atoms with Crippen LogP contribution < -0.4 is 5.32 Å². The summed E-state index contributed by atoms with van der Waals surface area (Å²) < 4.78 is 38.1. The van der Waals surface area contributed by atoms with Crippen LogP contribution >= 0.6 is 0 Å². The third-order valence-electron chi connectivity index (χ3n) is 4.22. The van der Waals surface area contributed by atoms with Gasteiger partial charge >= 0.3 is 6.18 Å². The average Bonchev–Trinajstić information content (AvgIpc) is 2.88. The molecule has 3 N–H and O–H groups in total. The maximum Gasteiger partial charge on any atom is 0.416 e. The summed E-state index contributed by atoms with van der Waals surface area (Å²) in [5, 5.41) is 21.2. The van der Waals surface area contributed by atoms with E-state index in [0.717, 1.165) is 12.1 Å². The van der Waals surface area contributed by atoms with E-state index in [9.17, 15) is 22.8 Å². The molecule has 7 nitrogen and oxygen atoms in total. The number of alkyl halides is 3. The zero-order chi connectivity index (χ0) is 19.6. The summed E-state index contributed by atoms with van der Waals surface area (Å²) >= 11 is 0. The van der Waals surface area contributed by atoms with Crippen LogP contribution in [0.3, 0.4) is 0 Å². The molecule has 1 aliphatic rings. The average molecular weight is 370 g/mol. The number of nitrogens with zero attached hydrogens (tertiary/aromatic N) is 2. The lowest BCUT2D eigenvalue weighted by Gasteiger charge is -2.17. The van der Waals surface area contributed by atoms with Crippen LogP contribution in [-0.4, -0.2) is 47.1 Å². The van der Waals surface area contributed by atoms with Crippen molar-refractivity contribution in [3.05, 3.63) is 35.4 Å². The molecule has 26 heavy (non-hydrogen) atoms. The number of likely N-dealkylation sites (N-methyl/N-ethyl adjacent to an activating group) is 1. The minimum atomic E-state index is -4.48. The van der Waals surface area contributed by atoms with E-state index >= 15 is 0 Å². The molecule has 1 aromatic rings. The minimum absolute atomic E-state index is 0.150. The topological polar surface area (TPSA) is 106 Å². The SMILES string of the molecule is C/C(=N/O)C(=N)NC(=O)[C@@H]1C(=O)N(C)C[C@H]1c1ccc(C(F)(F)F)cc1. The highest BCUT2D eigenvalue weighted by molar-refractivity contribution is 6.41. The van der Waals surface area contributed by atoms with Crippen molar-refractivity contribution in [2.24, 2.45) is 11.1 Å². The van der Waals surface area contributed by atoms with Gasteiger partial charge in [0.15, 0.2) is 0 Å². The molecule has 1 heterocycles. The van der Waals surface area contributed by atoms with E-state index in [1.54, 1.807) is 0 Å². The molecule has 0 unspecified atom stereocenters. The zero-order valence-electron chi connectivity index (χ0n) is 14.0. The highest BCUT2D eigenvalue weighted by atomic mass is 19.4. The first-order valence-electron chi connectivity index (χ1n) is 7.56. The van der Waals surface area contributed by atoms with Gasteiger partial charge in [0.25, 0.3) is 0 Å². The third-order valence-corrected chi connectivity index (χ3v) is 4.22. The van der Waals surface area contributed by atoms with Gasteiger partial charge in [-0.3, -0.25) is 15.0 Å². The molecule has 140 valence electrons. The van der Waals surface area contributed by atoms with Gasteiger partial charge in [0, 0.05) is 19.5 Å². The number of hydrogen-bond acceptors (Lipinski definition) is 5. The van der Waals surface area contributed by atoms with Gasteiger partial charge in [0.1, 0.15) is 17.5 Å². The van der Waals surface area contributed by atoms with E-state index < -0.39 is 41.2 Å². The van der Waals surface area contributed by atoms with E-state index in [1.807, 2.05) is 0 Å². The van der Waals surface area contributed by atoms with Gasteiger partial charge < -0.3 is 15.4 Å². The number of amidine groups is 1. The van der Waals surface area contributed by atoms with E-state index in [2.05, 4.69) is 10.5 Å². The third kappa shape index (κ3) is 3.84. The fraction of sp³-hybridized carbons (Fsp3) is 0.375. The van der Waals surface area contributed by atoms with Gasteiger partial charge in [0.2, 0.25) is 11.8 Å². The second-order valence-electron chi connectivity index (χ2n) is 5.97. The first kappa shape index (κ1) is 19.4. The van der Waals surface area contributed by atoms with E-state index in [4.69, 9.17) is 10.6 Å². The van der Waals surface area contributed by atoms with Crippen molar-refractivity contribution in [2.75, 3.05) is 13.6 Å². The van der Waals surface area contributed by atoms with Crippen molar-refractivity contribution in [2.45, 2.75) is 19.0 Å². The summed E-state index contributed by atoms with van der Waals surface area (Å²) in [6.07, 6.45) is -4.48. The van der Waals surface area contributed by atoms with Crippen LogP contribution in [0.1, 0.15) is 24.0 Å². The Kier molecular flexibility index (Phi) is 5.33. The smallest absolute Gasteiger partial charge is 0.411 e. The van der Waals surface area contributed by atoms with Gasteiger partial charge in [-0.1, -0.05) is 17.3 Å². The van der Waals surface area contributed by atoms with Crippen LogP contribution in [0.15, 0.2) is 29.4 Å². The summed E-state index contributed by atoms with van der Waals surface area (Å²) in [6.45, 7) is 1.45. The minimum Gasteiger partial charge on any atom is -0.411 e. The van der Waals surface area contributed by atoms with Gasteiger partial charge in [0.05, 0.1) is 5.56 Å². The maximum absolute atomic E-state index is 12.7. The number of hydrogen-bond donors (Lipinski definition) is 3. The monoisotopic (exact) mass is 370 g/mol. The Labute approximate surface area is 147 Å². The zero-order valence-corrected chi connectivity index (χ0v) is 14.0. The predicted molar refractivity (Wildman–Crippen MR) is 86.1 cm³/mol. The molecule has 10 heteroatoms. The quantitative estimate of drug-likeness (QED) is 0.248. The lowest BCUT2D eigenvalue weighted by Crippen LogP contribution is -2.42. The number of amides is 2. The van der Waals surface area contributed by atoms with Crippen LogP contribution in [0.25, 0.3) is 0 Å². The van der Waals surface area contributed by atoms with Crippen molar-refractivity contribution >= 4 is 23.4 Å². The molecular formula is C16H17F3N4O3. The molecule has 0 bridgehead atoms. The molecule has 1 fully saturated rings. The Morgan fingerprint density at radius 3 is 2.42 bits per heavy atom. The van der Waals surface area contributed by atoms with E-state index in [-0.39, 0.29) is 12.3 Å². The van der Waals surface area contributed by atoms with Crippen LogP contribution in [0.4, 0.5) is 13.2 Å².